The van der Waals surface area contributed by atoms with E-state index in [1.807, 2.05) is 12.1 Å². The molecule has 1 aliphatic heterocycles. The van der Waals surface area contributed by atoms with Gasteiger partial charge in [-0.15, -0.1) is 37.2 Å². The number of carbonyl (C=O) groups excluding carboxylic acids is 1. The van der Waals surface area contributed by atoms with Gasteiger partial charge in [-0.25, -0.2) is 4.39 Å². The first kappa shape index (κ1) is 28.4. The Morgan fingerprint density at radius 1 is 1.19 bits per heavy atom. The number of nitrogens with one attached hydrogen (secondary N) is 1. The third kappa shape index (κ3) is 9.78. The number of piperazine rings is 1. The van der Waals surface area contributed by atoms with Crippen LogP contribution in [0.2, 0.25) is 0 Å². The molecule has 6 nitrogen and oxygen atoms in total. The van der Waals surface area contributed by atoms with Crippen LogP contribution >= 0.6 is 37.2 Å². The lowest BCUT2D eigenvalue weighted by Crippen LogP contribution is -2.48. The van der Waals surface area contributed by atoms with Crippen LogP contribution in [0.5, 0.6) is 0 Å². The van der Waals surface area contributed by atoms with Crippen LogP contribution in [0.1, 0.15) is 6.42 Å². The zero-order valence-corrected chi connectivity index (χ0v) is 17.9. The molecular weight excluding hydrogens is 418 g/mol. The molecule has 0 bridgehead atoms. The van der Waals surface area contributed by atoms with E-state index < -0.39 is 0 Å². The van der Waals surface area contributed by atoms with Crippen molar-refractivity contribution >= 4 is 48.8 Å². The van der Waals surface area contributed by atoms with E-state index in [9.17, 15) is 9.18 Å². The maximum absolute atomic E-state index is 13.0. The number of methoxy groups -OCH3 is 1. The normalized spacial score (nSPS) is 15.0. The monoisotopic (exact) mass is 446 g/mol. The molecule has 1 aromatic rings. The molecule has 0 radical (unpaired) electrons. The van der Waals surface area contributed by atoms with Crippen molar-refractivity contribution in [3.8, 4) is 0 Å². The van der Waals surface area contributed by atoms with Gasteiger partial charge in [-0.2, -0.15) is 0 Å². The van der Waals surface area contributed by atoms with Crippen molar-refractivity contribution in [2.24, 2.45) is 5.73 Å². The summed E-state index contributed by atoms with van der Waals surface area (Å²) in [5.41, 5.74) is 6.56. The molecule has 27 heavy (non-hydrogen) atoms. The number of hydrogen-bond donors (Lipinski definition) is 2. The van der Waals surface area contributed by atoms with Crippen molar-refractivity contribution in [1.29, 1.82) is 0 Å². The first-order valence-corrected chi connectivity index (χ1v) is 8.35. The molecule has 1 aliphatic rings. The highest BCUT2D eigenvalue weighted by Crippen LogP contribution is 2.16. The SMILES string of the molecule is COC(CN)CC(=O)NCCN1CCN(c2ccc(F)cc2)CC1.Cl.Cl.Cl. The van der Waals surface area contributed by atoms with Crippen molar-refractivity contribution in [3.05, 3.63) is 30.1 Å². The fraction of sp³-hybridized carbons (Fsp3) is 0.588. The molecular formula is C17H30Cl3FN4O2. The first-order chi connectivity index (χ1) is 11.6. The summed E-state index contributed by atoms with van der Waals surface area (Å²) in [4.78, 5) is 16.3. The Bertz CT molecular complexity index is 513. The minimum Gasteiger partial charge on any atom is -0.380 e. The molecule has 158 valence electrons. The van der Waals surface area contributed by atoms with Crippen LogP contribution in [-0.2, 0) is 9.53 Å². The van der Waals surface area contributed by atoms with Gasteiger partial charge in [0.05, 0.1) is 12.5 Å². The van der Waals surface area contributed by atoms with E-state index >= 15 is 0 Å². The van der Waals surface area contributed by atoms with Crippen LogP contribution in [0.3, 0.4) is 0 Å². The minimum absolute atomic E-state index is 0. The fourth-order valence-electron chi connectivity index (χ4n) is 2.78. The molecule has 1 saturated heterocycles. The van der Waals surface area contributed by atoms with Crippen LogP contribution in [0.4, 0.5) is 10.1 Å². The largest absolute Gasteiger partial charge is 0.380 e. The van der Waals surface area contributed by atoms with Crippen molar-refractivity contribution in [3.63, 3.8) is 0 Å². The van der Waals surface area contributed by atoms with Crippen molar-refractivity contribution in [2.45, 2.75) is 12.5 Å². The average molecular weight is 448 g/mol. The number of benzene rings is 1. The molecule has 10 heteroatoms. The van der Waals surface area contributed by atoms with E-state index in [2.05, 4.69) is 15.1 Å². The van der Waals surface area contributed by atoms with Gasteiger partial charge in [0.15, 0.2) is 0 Å². The third-order valence-corrected chi connectivity index (χ3v) is 4.32. The Morgan fingerprint density at radius 2 is 1.78 bits per heavy atom. The number of nitrogens with two attached hydrogens (primary N) is 1. The van der Waals surface area contributed by atoms with Gasteiger partial charge in [0.25, 0.3) is 0 Å². The number of anilines is 1. The molecule has 1 aromatic carbocycles. The number of nitrogens with zero attached hydrogens (tertiary/aromatic N) is 2. The quantitative estimate of drug-likeness (QED) is 0.635. The Labute approximate surface area is 179 Å². The fourth-order valence-corrected chi connectivity index (χ4v) is 2.78. The summed E-state index contributed by atoms with van der Waals surface area (Å²) >= 11 is 0. The second kappa shape index (κ2) is 15.1. The lowest BCUT2D eigenvalue weighted by Gasteiger charge is -2.36. The van der Waals surface area contributed by atoms with E-state index in [4.69, 9.17) is 10.5 Å². The number of amides is 1. The van der Waals surface area contributed by atoms with Gasteiger partial charge in [0, 0.05) is 58.6 Å². The molecule has 1 unspecified atom stereocenters. The van der Waals surface area contributed by atoms with Crippen LogP contribution < -0.4 is 16.0 Å². The highest BCUT2D eigenvalue weighted by atomic mass is 35.5. The number of hydrogen-bond acceptors (Lipinski definition) is 5. The lowest BCUT2D eigenvalue weighted by atomic mass is 10.2. The van der Waals surface area contributed by atoms with Crippen LogP contribution in [0, 0.1) is 5.82 Å². The summed E-state index contributed by atoms with van der Waals surface area (Å²) in [6.45, 7) is 5.44. The van der Waals surface area contributed by atoms with Crippen LogP contribution in [-0.4, -0.2) is 69.8 Å². The number of ether oxygens (including phenoxy) is 1. The van der Waals surface area contributed by atoms with Gasteiger partial charge in [0.2, 0.25) is 5.91 Å². The Balaban J connectivity index is 0. The molecule has 1 atom stereocenters. The molecule has 0 spiro atoms. The highest BCUT2D eigenvalue weighted by molar-refractivity contribution is 5.86. The summed E-state index contributed by atoms with van der Waals surface area (Å²) in [5, 5.41) is 2.91. The third-order valence-electron chi connectivity index (χ3n) is 4.32. The van der Waals surface area contributed by atoms with E-state index in [0.29, 0.717) is 19.5 Å². The van der Waals surface area contributed by atoms with Crippen LogP contribution in [0.15, 0.2) is 24.3 Å². The average Bonchev–Trinajstić information content (AvgIpc) is 2.61. The first-order valence-electron chi connectivity index (χ1n) is 8.35. The highest BCUT2D eigenvalue weighted by Gasteiger charge is 2.17. The maximum atomic E-state index is 13.0. The summed E-state index contributed by atoms with van der Waals surface area (Å²) < 4.78 is 18.1. The Morgan fingerprint density at radius 3 is 2.30 bits per heavy atom. The Hall–Kier alpha value is -0.830. The predicted octanol–water partition coefficient (Wildman–Crippen LogP) is 1.69. The second-order valence-electron chi connectivity index (χ2n) is 5.95. The molecule has 2 rings (SSSR count). The van der Waals surface area contributed by atoms with E-state index in [-0.39, 0.29) is 55.0 Å². The number of carbonyl (C=O) groups is 1. The van der Waals surface area contributed by atoms with Gasteiger partial charge < -0.3 is 20.7 Å². The standard InChI is InChI=1S/C17H27FN4O2.3ClH/c1-24-16(13-19)12-17(23)20-6-7-21-8-10-22(11-9-21)15-4-2-14(18)3-5-15;;;/h2-5,16H,6-13,19H2,1H3,(H,20,23);3*1H. The second-order valence-corrected chi connectivity index (χ2v) is 5.95. The van der Waals surface area contributed by atoms with Gasteiger partial charge in [-0.1, -0.05) is 0 Å². The van der Waals surface area contributed by atoms with Crippen LogP contribution in [0.25, 0.3) is 0 Å². The lowest BCUT2D eigenvalue weighted by molar-refractivity contribution is -0.123. The van der Waals surface area contributed by atoms with Crippen molar-refractivity contribution in [2.75, 3.05) is 57.8 Å². The van der Waals surface area contributed by atoms with E-state index in [1.165, 1.54) is 12.1 Å². The van der Waals surface area contributed by atoms with Crippen molar-refractivity contribution in [1.82, 2.24) is 10.2 Å². The maximum Gasteiger partial charge on any atom is 0.222 e. The summed E-state index contributed by atoms with van der Waals surface area (Å²) in [7, 11) is 1.56. The van der Waals surface area contributed by atoms with Gasteiger partial charge in [-0.3, -0.25) is 9.69 Å². The Kier molecular flexibility index (Phi) is 15.9. The molecule has 0 saturated carbocycles. The topological polar surface area (TPSA) is 70.8 Å². The zero-order chi connectivity index (χ0) is 17.4. The molecule has 3 N–H and O–H groups in total. The smallest absolute Gasteiger partial charge is 0.222 e. The molecule has 0 aliphatic carbocycles. The molecule has 1 heterocycles. The minimum atomic E-state index is -0.218. The molecule has 0 aromatic heterocycles. The van der Waals surface area contributed by atoms with Gasteiger partial charge >= 0.3 is 0 Å². The molecule has 1 amide bonds. The summed E-state index contributed by atoms with van der Waals surface area (Å²) in [6.07, 6.45) is 0.0787. The van der Waals surface area contributed by atoms with Gasteiger partial charge in [0.1, 0.15) is 5.82 Å². The number of halogens is 4. The zero-order valence-electron chi connectivity index (χ0n) is 15.4. The molecule has 1 fully saturated rings. The predicted molar refractivity (Wildman–Crippen MR) is 114 cm³/mol. The van der Waals surface area contributed by atoms with E-state index in [0.717, 1.165) is 38.4 Å². The summed E-state index contributed by atoms with van der Waals surface area (Å²) in [6, 6.07) is 6.61. The number of rotatable bonds is 8. The van der Waals surface area contributed by atoms with Crippen molar-refractivity contribution < 1.29 is 13.9 Å². The van der Waals surface area contributed by atoms with E-state index in [1.54, 1.807) is 7.11 Å². The van der Waals surface area contributed by atoms with Gasteiger partial charge in [-0.05, 0) is 24.3 Å². The summed E-state index contributed by atoms with van der Waals surface area (Å²) in [5.74, 6) is -0.240.